The van der Waals surface area contributed by atoms with Crippen LogP contribution in [0.4, 0.5) is 17.1 Å². The van der Waals surface area contributed by atoms with Gasteiger partial charge >= 0.3 is 0 Å². The average Bonchev–Trinajstić information content (AvgIpc) is 2.35. The SMILES string of the molecule is CNc1cc([N+](=O)[O-])ccc1NCC(O)CO. The van der Waals surface area contributed by atoms with E-state index in [0.717, 1.165) is 0 Å². The maximum Gasteiger partial charge on any atom is 0.271 e. The molecule has 1 aromatic rings. The molecule has 0 radical (unpaired) electrons. The Bertz CT molecular complexity index is 397. The van der Waals surface area contributed by atoms with Crippen molar-refractivity contribution in [3.63, 3.8) is 0 Å². The monoisotopic (exact) mass is 241 g/mol. The second kappa shape index (κ2) is 6.02. The fourth-order valence-electron chi connectivity index (χ4n) is 1.30. The maximum absolute atomic E-state index is 10.6. The largest absolute Gasteiger partial charge is 0.394 e. The number of rotatable bonds is 6. The smallest absolute Gasteiger partial charge is 0.271 e. The van der Waals surface area contributed by atoms with E-state index in [-0.39, 0.29) is 18.8 Å². The van der Waals surface area contributed by atoms with Crippen molar-refractivity contribution in [3.8, 4) is 0 Å². The van der Waals surface area contributed by atoms with Gasteiger partial charge < -0.3 is 20.8 Å². The van der Waals surface area contributed by atoms with E-state index in [1.165, 1.54) is 12.1 Å². The van der Waals surface area contributed by atoms with Crippen molar-refractivity contribution in [1.82, 2.24) is 0 Å². The summed E-state index contributed by atoms with van der Waals surface area (Å²) < 4.78 is 0. The molecule has 1 rings (SSSR count). The summed E-state index contributed by atoms with van der Waals surface area (Å²) in [6, 6.07) is 4.32. The first-order valence-electron chi connectivity index (χ1n) is 5.07. The molecule has 0 amide bonds. The molecule has 0 aliphatic carbocycles. The molecule has 0 bridgehead atoms. The van der Waals surface area contributed by atoms with Crippen LogP contribution in [0.5, 0.6) is 0 Å². The molecule has 17 heavy (non-hydrogen) atoms. The summed E-state index contributed by atoms with van der Waals surface area (Å²) in [5, 5.41) is 34.1. The Kier molecular flexibility index (Phi) is 4.68. The number of aliphatic hydroxyl groups is 2. The Morgan fingerprint density at radius 3 is 2.71 bits per heavy atom. The van der Waals surface area contributed by atoms with Crippen LogP contribution in [0, 0.1) is 10.1 Å². The van der Waals surface area contributed by atoms with E-state index in [9.17, 15) is 15.2 Å². The highest BCUT2D eigenvalue weighted by Crippen LogP contribution is 2.26. The van der Waals surface area contributed by atoms with E-state index in [0.29, 0.717) is 11.4 Å². The van der Waals surface area contributed by atoms with Gasteiger partial charge in [-0.1, -0.05) is 0 Å². The molecule has 7 heteroatoms. The summed E-state index contributed by atoms with van der Waals surface area (Å²) in [6.07, 6.45) is -0.866. The van der Waals surface area contributed by atoms with Gasteiger partial charge in [0, 0.05) is 25.7 Å². The third kappa shape index (κ3) is 3.58. The van der Waals surface area contributed by atoms with Crippen molar-refractivity contribution < 1.29 is 15.1 Å². The van der Waals surface area contributed by atoms with Crippen molar-refractivity contribution in [2.75, 3.05) is 30.8 Å². The highest BCUT2D eigenvalue weighted by atomic mass is 16.6. The molecule has 0 spiro atoms. The Morgan fingerprint density at radius 1 is 1.47 bits per heavy atom. The highest BCUT2D eigenvalue weighted by molar-refractivity contribution is 5.71. The summed E-state index contributed by atoms with van der Waals surface area (Å²) >= 11 is 0. The van der Waals surface area contributed by atoms with Gasteiger partial charge in [-0.05, 0) is 6.07 Å². The van der Waals surface area contributed by atoms with E-state index in [1.54, 1.807) is 13.1 Å². The zero-order valence-corrected chi connectivity index (χ0v) is 9.38. The molecule has 0 fully saturated rings. The third-order valence-corrected chi connectivity index (χ3v) is 2.22. The van der Waals surface area contributed by atoms with E-state index >= 15 is 0 Å². The number of anilines is 2. The van der Waals surface area contributed by atoms with Crippen LogP contribution in [0.15, 0.2) is 18.2 Å². The van der Waals surface area contributed by atoms with E-state index in [2.05, 4.69) is 10.6 Å². The quantitative estimate of drug-likeness (QED) is 0.424. The zero-order valence-electron chi connectivity index (χ0n) is 9.38. The predicted molar refractivity (Wildman–Crippen MR) is 64.2 cm³/mol. The van der Waals surface area contributed by atoms with Gasteiger partial charge in [0.15, 0.2) is 0 Å². The molecule has 1 atom stereocenters. The lowest BCUT2D eigenvalue weighted by atomic mass is 10.2. The van der Waals surface area contributed by atoms with Crippen molar-refractivity contribution >= 4 is 17.1 Å². The lowest BCUT2D eigenvalue weighted by molar-refractivity contribution is -0.384. The Hall–Kier alpha value is -1.86. The normalized spacial score (nSPS) is 11.9. The maximum atomic E-state index is 10.6. The van der Waals surface area contributed by atoms with E-state index in [4.69, 9.17) is 5.11 Å². The van der Waals surface area contributed by atoms with Gasteiger partial charge in [0.1, 0.15) is 0 Å². The molecule has 0 aliphatic heterocycles. The number of nitrogens with zero attached hydrogens (tertiary/aromatic N) is 1. The van der Waals surface area contributed by atoms with E-state index in [1.807, 2.05) is 0 Å². The number of non-ortho nitro benzene ring substituents is 1. The number of nitrogens with one attached hydrogen (secondary N) is 2. The summed E-state index contributed by atoms with van der Waals surface area (Å²) in [5.41, 5.74) is 1.18. The standard InChI is InChI=1S/C10H15N3O4/c1-11-10-4-7(13(16)17)2-3-9(10)12-5-8(15)6-14/h2-4,8,11-12,14-15H,5-6H2,1H3. The minimum Gasteiger partial charge on any atom is -0.394 e. The van der Waals surface area contributed by atoms with Crippen molar-refractivity contribution in [1.29, 1.82) is 0 Å². The fourth-order valence-corrected chi connectivity index (χ4v) is 1.30. The summed E-state index contributed by atoms with van der Waals surface area (Å²) in [7, 11) is 1.65. The van der Waals surface area contributed by atoms with Crippen LogP contribution >= 0.6 is 0 Å². The molecular formula is C10H15N3O4. The molecule has 0 saturated carbocycles. The van der Waals surface area contributed by atoms with Gasteiger partial charge in [0.2, 0.25) is 0 Å². The first kappa shape index (κ1) is 13.2. The molecule has 4 N–H and O–H groups in total. The minimum absolute atomic E-state index is 0.0115. The molecule has 1 aromatic carbocycles. The number of benzene rings is 1. The van der Waals surface area contributed by atoms with Gasteiger partial charge in [0.05, 0.1) is 29.0 Å². The molecule has 0 aromatic heterocycles. The number of aliphatic hydroxyl groups excluding tert-OH is 2. The molecular weight excluding hydrogens is 226 g/mol. The van der Waals surface area contributed by atoms with Crippen LogP contribution in [-0.4, -0.2) is 41.4 Å². The van der Waals surface area contributed by atoms with Crippen LogP contribution in [0.2, 0.25) is 0 Å². The number of nitro benzene ring substituents is 1. The fraction of sp³-hybridized carbons (Fsp3) is 0.400. The lowest BCUT2D eigenvalue weighted by Crippen LogP contribution is -2.23. The van der Waals surface area contributed by atoms with Crippen LogP contribution in [0.25, 0.3) is 0 Å². The Morgan fingerprint density at radius 2 is 2.18 bits per heavy atom. The summed E-state index contributed by atoms with van der Waals surface area (Å²) in [6.45, 7) is -0.169. The average molecular weight is 241 g/mol. The van der Waals surface area contributed by atoms with Gasteiger partial charge in [-0.25, -0.2) is 0 Å². The number of hydrogen-bond acceptors (Lipinski definition) is 6. The molecule has 0 saturated heterocycles. The molecule has 1 unspecified atom stereocenters. The van der Waals surface area contributed by atoms with Crippen LogP contribution in [-0.2, 0) is 0 Å². The second-order valence-corrected chi connectivity index (χ2v) is 3.45. The molecule has 7 nitrogen and oxygen atoms in total. The molecule has 0 heterocycles. The number of nitro groups is 1. The number of hydrogen-bond donors (Lipinski definition) is 4. The Balaban J connectivity index is 2.82. The Labute approximate surface area is 98.2 Å². The second-order valence-electron chi connectivity index (χ2n) is 3.45. The van der Waals surface area contributed by atoms with Gasteiger partial charge in [0.25, 0.3) is 5.69 Å². The predicted octanol–water partition coefficient (Wildman–Crippen LogP) is 0.402. The van der Waals surface area contributed by atoms with Crippen molar-refractivity contribution in [2.24, 2.45) is 0 Å². The van der Waals surface area contributed by atoms with Crippen molar-refractivity contribution in [2.45, 2.75) is 6.10 Å². The molecule has 0 aliphatic rings. The topological polar surface area (TPSA) is 108 Å². The van der Waals surface area contributed by atoms with Gasteiger partial charge in [-0.2, -0.15) is 0 Å². The van der Waals surface area contributed by atoms with Gasteiger partial charge in [-0.15, -0.1) is 0 Å². The van der Waals surface area contributed by atoms with Crippen LogP contribution < -0.4 is 10.6 Å². The van der Waals surface area contributed by atoms with Gasteiger partial charge in [-0.3, -0.25) is 10.1 Å². The lowest BCUT2D eigenvalue weighted by Gasteiger charge is -2.13. The third-order valence-electron chi connectivity index (χ3n) is 2.22. The first-order chi connectivity index (χ1) is 8.08. The van der Waals surface area contributed by atoms with Crippen molar-refractivity contribution in [3.05, 3.63) is 28.3 Å². The van der Waals surface area contributed by atoms with E-state index < -0.39 is 11.0 Å². The first-order valence-corrected chi connectivity index (χ1v) is 5.07. The summed E-state index contributed by atoms with van der Waals surface area (Å²) in [5.74, 6) is 0. The zero-order chi connectivity index (χ0) is 12.8. The summed E-state index contributed by atoms with van der Waals surface area (Å²) in [4.78, 5) is 10.1. The van der Waals surface area contributed by atoms with Crippen LogP contribution in [0.1, 0.15) is 0 Å². The highest BCUT2D eigenvalue weighted by Gasteiger charge is 2.10. The van der Waals surface area contributed by atoms with Crippen LogP contribution in [0.3, 0.4) is 0 Å². The molecule has 94 valence electrons. The minimum atomic E-state index is -0.866.